The lowest BCUT2D eigenvalue weighted by molar-refractivity contribution is -0.164. The van der Waals surface area contributed by atoms with E-state index in [1.807, 2.05) is 17.4 Å². The van der Waals surface area contributed by atoms with Crippen molar-refractivity contribution >= 4 is 39.0 Å². The van der Waals surface area contributed by atoms with Crippen LogP contribution in [-0.2, 0) is 25.7 Å². The van der Waals surface area contributed by atoms with Gasteiger partial charge >= 0.3 is 5.97 Å². The Balaban J connectivity index is 1.23. The van der Waals surface area contributed by atoms with E-state index < -0.39 is 22.9 Å². The lowest BCUT2D eigenvalue weighted by Gasteiger charge is -2.60. The normalized spacial score (nSPS) is 39.6. The van der Waals surface area contributed by atoms with Crippen LogP contribution in [0.2, 0.25) is 0 Å². The number of allylic oxidation sites excluding steroid dienone is 4. The molecule has 5 aliphatic rings. The Labute approximate surface area is 245 Å². The highest BCUT2D eigenvalue weighted by atomic mass is 32.1. The predicted molar refractivity (Wildman–Crippen MR) is 158 cm³/mol. The molecule has 216 valence electrons. The van der Waals surface area contributed by atoms with Gasteiger partial charge in [0.25, 0.3) is 0 Å². The Morgan fingerprint density at radius 3 is 2.80 bits per heavy atom. The summed E-state index contributed by atoms with van der Waals surface area (Å²) in [6, 6.07) is 10.7. The molecule has 0 amide bonds. The number of esters is 1. The van der Waals surface area contributed by atoms with E-state index in [1.165, 1.54) is 21.9 Å². The first-order valence-corrected chi connectivity index (χ1v) is 15.9. The van der Waals surface area contributed by atoms with Gasteiger partial charge in [-0.15, -0.1) is 11.3 Å². The van der Waals surface area contributed by atoms with Crippen molar-refractivity contribution in [1.29, 1.82) is 0 Å². The number of thiophene rings is 1. The molecular weight excluding hydrogens is 534 g/mol. The van der Waals surface area contributed by atoms with Gasteiger partial charge in [0.15, 0.2) is 18.2 Å². The Hall–Kier alpha value is -2.61. The van der Waals surface area contributed by atoms with E-state index in [0.29, 0.717) is 13.0 Å². The SMILES string of the molecule is CC(=O)OCC(=O)C12CN(Cc3cc4ccccc4s3)CC1CC1C3CCC4=CC(=O)C=CC4(C)C3C(O)CC12C. The summed E-state index contributed by atoms with van der Waals surface area (Å²) in [5, 5.41) is 13.2. The molecule has 2 heterocycles. The van der Waals surface area contributed by atoms with Crippen molar-refractivity contribution in [3.8, 4) is 0 Å². The van der Waals surface area contributed by atoms with Crippen LogP contribution in [0.25, 0.3) is 10.1 Å². The highest BCUT2D eigenvalue weighted by Crippen LogP contribution is 2.72. The summed E-state index contributed by atoms with van der Waals surface area (Å²) in [5.74, 6) is 0.344. The molecule has 2 aromatic rings. The zero-order valence-corrected chi connectivity index (χ0v) is 24.9. The molecule has 1 N–H and O–H groups in total. The largest absolute Gasteiger partial charge is 0.458 e. The third kappa shape index (κ3) is 3.91. The minimum Gasteiger partial charge on any atom is -0.458 e. The number of carbonyl (C=O) groups excluding carboxylic acids is 3. The molecule has 0 bridgehead atoms. The van der Waals surface area contributed by atoms with Crippen LogP contribution in [0.1, 0.15) is 51.3 Å². The number of likely N-dealkylation sites (tertiary alicyclic amines) is 1. The van der Waals surface area contributed by atoms with Gasteiger partial charge in [-0.05, 0) is 78.5 Å². The number of Topliss-reactive ketones (excluding diaryl/α,β-unsaturated/α-hetero) is 1. The highest BCUT2D eigenvalue weighted by Gasteiger charge is 2.73. The number of aliphatic hydroxyl groups excluding tert-OH is 1. The first-order chi connectivity index (χ1) is 19.5. The van der Waals surface area contributed by atoms with E-state index in [0.717, 1.165) is 37.9 Å². The molecule has 1 aromatic carbocycles. The van der Waals surface area contributed by atoms with E-state index in [1.54, 1.807) is 12.2 Å². The van der Waals surface area contributed by atoms with Gasteiger partial charge in [0.05, 0.1) is 11.5 Å². The van der Waals surface area contributed by atoms with Crippen molar-refractivity contribution in [2.75, 3.05) is 19.7 Å². The van der Waals surface area contributed by atoms with E-state index in [4.69, 9.17) is 4.74 Å². The molecule has 1 aliphatic heterocycles. The molecule has 41 heavy (non-hydrogen) atoms. The summed E-state index contributed by atoms with van der Waals surface area (Å²) in [6.45, 7) is 7.84. The third-order valence-corrected chi connectivity index (χ3v) is 13.0. The molecule has 8 unspecified atom stereocenters. The van der Waals surface area contributed by atoms with Crippen molar-refractivity contribution in [3.63, 3.8) is 0 Å². The number of fused-ring (bicyclic) bond motifs is 8. The fourth-order valence-electron chi connectivity index (χ4n) is 10.2. The number of carbonyl (C=O) groups is 3. The maximum atomic E-state index is 14.3. The van der Waals surface area contributed by atoms with Crippen LogP contribution in [0.4, 0.5) is 0 Å². The fourth-order valence-corrected chi connectivity index (χ4v) is 11.4. The van der Waals surface area contributed by atoms with Gasteiger partial charge in [0.1, 0.15) is 0 Å². The van der Waals surface area contributed by atoms with Crippen LogP contribution in [0.5, 0.6) is 0 Å². The second-order valence-electron chi connectivity index (χ2n) is 13.7. The summed E-state index contributed by atoms with van der Waals surface area (Å²) in [7, 11) is 0. The van der Waals surface area contributed by atoms with Gasteiger partial charge in [-0.25, -0.2) is 0 Å². The smallest absolute Gasteiger partial charge is 0.303 e. The topological polar surface area (TPSA) is 83.9 Å². The lowest BCUT2D eigenvalue weighted by Crippen LogP contribution is -2.60. The summed E-state index contributed by atoms with van der Waals surface area (Å²) >= 11 is 1.81. The zero-order chi connectivity index (χ0) is 28.7. The molecule has 0 radical (unpaired) electrons. The first-order valence-electron chi connectivity index (χ1n) is 15.0. The average Bonchev–Trinajstić information content (AvgIpc) is 3.57. The van der Waals surface area contributed by atoms with Crippen molar-refractivity contribution in [3.05, 3.63) is 59.0 Å². The number of nitrogens with zero attached hydrogens (tertiary/aromatic N) is 1. The molecule has 1 aromatic heterocycles. The summed E-state index contributed by atoms with van der Waals surface area (Å²) < 4.78 is 6.62. The standard InChI is InChI=1S/C34H39NO5S/c1-20(36)40-18-30(39)34-19-35(17-25-12-21-6-4-5-7-29(21)41-25)16-23(34)14-27-26-9-8-22-13-24(37)10-11-32(22,2)31(26)28(38)15-33(27,34)3/h4-7,10-13,23,26-28,31,38H,8-9,14-19H2,1-3H3. The monoisotopic (exact) mass is 573 g/mol. The quantitative estimate of drug-likeness (QED) is 0.486. The highest BCUT2D eigenvalue weighted by molar-refractivity contribution is 7.19. The number of hydrogen-bond donors (Lipinski definition) is 1. The van der Waals surface area contributed by atoms with Gasteiger partial charge in [0, 0.05) is 47.5 Å². The van der Waals surface area contributed by atoms with Gasteiger partial charge < -0.3 is 9.84 Å². The minimum atomic E-state index is -0.675. The maximum Gasteiger partial charge on any atom is 0.303 e. The third-order valence-electron chi connectivity index (χ3n) is 11.9. The summed E-state index contributed by atoms with van der Waals surface area (Å²) in [5.41, 5.74) is -0.277. The Morgan fingerprint density at radius 2 is 2.02 bits per heavy atom. The molecule has 6 nitrogen and oxygen atoms in total. The Kier molecular flexibility index (Phi) is 6.28. The number of rotatable bonds is 5. The van der Waals surface area contributed by atoms with E-state index >= 15 is 0 Å². The van der Waals surface area contributed by atoms with Crippen molar-refractivity contribution in [2.24, 2.45) is 39.9 Å². The van der Waals surface area contributed by atoms with Crippen LogP contribution in [0, 0.1) is 39.9 Å². The Bertz CT molecular complexity index is 1470. The molecule has 7 rings (SSSR count). The Morgan fingerprint density at radius 1 is 1.22 bits per heavy atom. The van der Waals surface area contributed by atoms with Crippen molar-refractivity contribution < 1.29 is 24.2 Å². The first kappa shape index (κ1) is 27.2. The molecule has 0 spiro atoms. The molecule has 4 aliphatic carbocycles. The predicted octanol–water partition coefficient (Wildman–Crippen LogP) is 5.34. The minimum absolute atomic E-state index is 0.0120. The van der Waals surface area contributed by atoms with Gasteiger partial charge in [-0.1, -0.05) is 43.7 Å². The number of benzene rings is 1. The van der Waals surface area contributed by atoms with Crippen LogP contribution >= 0.6 is 11.3 Å². The molecule has 1 saturated heterocycles. The number of hydrogen-bond acceptors (Lipinski definition) is 7. The molecule has 8 atom stereocenters. The van der Waals surface area contributed by atoms with Crippen LogP contribution in [-0.4, -0.2) is 53.3 Å². The fraction of sp³-hybridized carbons (Fsp3) is 0.559. The van der Waals surface area contributed by atoms with Gasteiger partial charge in [-0.2, -0.15) is 0 Å². The summed E-state index contributed by atoms with van der Waals surface area (Å²) in [6.07, 6.45) is 8.18. The molecule has 4 fully saturated rings. The van der Waals surface area contributed by atoms with Crippen LogP contribution < -0.4 is 0 Å². The van der Waals surface area contributed by atoms with E-state index in [-0.39, 0.29) is 47.3 Å². The van der Waals surface area contributed by atoms with Crippen LogP contribution in [0.15, 0.2) is 54.1 Å². The number of ketones is 2. The van der Waals surface area contributed by atoms with Crippen LogP contribution in [0.3, 0.4) is 0 Å². The molecular formula is C34H39NO5S. The van der Waals surface area contributed by atoms with Gasteiger partial charge in [0.2, 0.25) is 0 Å². The maximum absolute atomic E-state index is 14.3. The number of ether oxygens (including phenoxy) is 1. The van der Waals surface area contributed by atoms with Crippen molar-refractivity contribution in [1.82, 2.24) is 4.90 Å². The van der Waals surface area contributed by atoms with E-state index in [9.17, 15) is 19.5 Å². The van der Waals surface area contributed by atoms with Crippen molar-refractivity contribution in [2.45, 2.75) is 59.1 Å². The second-order valence-corrected chi connectivity index (χ2v) is 14.9. The lowest BCUT2D eigenvalue weighted by atomic mass is 9.44. The number of aliphatic hydroxyl groups is 1. The molecule has 3 saturated carbocycles. The average molecular weight is 574 g/mol. The summed E-state index contributed by atoms with van der Waals surface area (Å²) in [4.78, 5) is 42.0. The van der Waals surface area contributed by atoms with Gasteiger partial charge in [-0.3, -0.25) is 19.3 Å². The second kappa shape index (κ2) is 9.45. The molecule has 7 heteroatoms. The zero-order valence-electron chi connectivity index (χ0n) is 24.1. The van der Waals surface area contributed by atoms with E-state index in [2.05, 4.69) is 49.1 Å².